The van der Waals surface area contributed by atoms with E-state index in [2.05, 4.69) is 14.7 Å². The van der Waals surface area contributed by atoms with E-state index in [0.717, 1.165) is 16.9 Å². The fraction of sp³-hybridized carbons (Fsp3) is 0.190. The summed E-state index contributed by atoms with van der Waals surface area (Å²) >= 11 is 0. The number of furan rings is 1. The van der Waals surface area contributed by atoms with Crippen molar-refractivity contribution in [1.29, 1.82) is 0 Å². The van der Waals surface area contributed by atoms with Crippen LogP contribution in [0.15, 0.2) is 64.0 Å². The fourth-order valence-corrected chi connectivity index (χ4v) is 3.33. The van der Waals surface area contributed by atoms with Gasteiger partial charge in [-0.25, -0.2) is 9.55 Å². The topological polar surface area (TPSA) is 161 Å². The first-order chi connectivity index (χ1) is 15.8. The zero-order chi connectivity index (χ0) is 23.4. The predicted molar refractivity (Wildman–Crippen MR) is 112 cm³/mol. The lowest BCUT2D eigenvalue weighted by molar-refractivity contribution is -0.712. The first kappa shape index (κ1) is 22.7. The Kier molecular flexibility index (Phi) is 6.57. The maximum Gasteiger partial charge on any atom is 0.285 e. The van der Waals surface area contributed by atoms with Crippen molar-refractivity contribution >= 4 is 13.6 Å². The molecule has 0 aliphatic heterocycles. The number of hydrogen-bond donors (Lipinski definition) is 2. The first-order valence-electron chi connectivity index (χ1n) is 9.81. The van der Waals surface area contributed by atoms with Crippen LogP contribution in [0.25, 0.3) is 11.3 Å². The minimum absolute atomic E-state index is 0.185. The van der Waals surface area contributed by atoms with Gasteiger partial charge in [-0.3, -0.25) is 14.8 Å². The highest BCUT2D eigenvalue weighted by atomic mass is 31.2. The van der Waals surface area contributed by atoms with Crippen LogP contribution < -0.4 is 19.9 Å². The highest BCUT2D eigenvalue weighted by Gasteiger charge is 2.18. The van der Waals surface area contributed by atoms with Crippen LogP contribution >= 0.6 is 7.82 Å². The third kappa shape index (κ3) is 5.85. The SMILES string of the molecule is Cc1occc1COc1ccc(Cc2cc(-c3ccc[n+](COP(=O)([O-])O)c3N)on2)cn1. The molecule has 33 heavy (non-hydrogen) atoms. The molecule has 4 aromatic heterocycles. The molecule has 4 aromatic rings. The standard InChI is InChI=1S/C21H21N4O7P/c1-14-16(6-8-29-14)12-30-20-5-4-15(11-23-20)9-17-10-19(32-24-17)18-3-2-7-25(21(18)22)13-31-33(26,27)28/h2-8,10-11,22H,9,12-13H2,1H3,(H2,26,27,28). The van der Waals surface area contributed by atoms with Gasteiger partial charge in [0.25, 0.3) is 13.6 Å². The number of anilines is 1. The van der Waals surface area contributed by atoms with Crippen LogP contribution in [-0.4, -0.2) is 15.0 Å². The van der Waals surface area contributed by atoms with Crippen molar-refractivity contribution in [3.63, 3.8) is 0 Å². The number of nitrogens with two attached hydrogens (primary N) is 1. The molecule has 0 radical (unpaired) electrons. The second kappa shape index (κ2) is 9.55. The normalized spacial score (nSPS) is 13.1. The lowest BCUT2D eigenvalue weighted by atomic mass is 10.1. The lowest BCUT2D eigenvalue weighted by Crippen LogP contribution is -2.38. The molecule has 0 amide bonds. The maximum absolute atomic E-state index is 10.8. The van der Waals surface area contributed by atoms with Crippen LogP contribution in [0.2, 0.25) is 0 Å². The summed E-state index contributed by atoms with van der Waals surface area (Å²) in [4.78, 5) is 23.9. The van der Waals surface area contributed by atoms with Crippen molar-refractivity contribution in [1.82, 2.24) is 10.1 Å². The van der Waals surface area contributed by atoms with Gasteiger partial charge in [0.05, 0.1) is 18.2 Å². The van der Waals surface area contributed by atoms with E-state index >= 15 is 0 Å². The second-order valence-corrected chi connectivity index (χ2v) is 8.35. The van der Waals surface area contributed by atoms with E-state index in [1.807, 2.05) is 19.1 Å². The molecule has 0 saturated carbocycles. The molecule has 1 atom stereocenters. The van der Waals surface area contributed by atoms with Crippen molar-refractivity contribution in [2.24, 2.45) is 0 Å². The average molecular weight is 472 g/mol. The highest BCUT2D eigenvalue weighted by Crippen LogP contribution is 2.30. The summed E-state index contributed by atoms with van der Waals surface area (Å²) in [7, 11) is -4.88. The third-order valence-electron chi connectivity index (χ3n) is 4.82. The number of ether oxygens (including phenoxy) is 1. The van der Waals surface area contributed by atoms with E-state index in [1.165, 1.54) is 10.8 Å². The summed E-state index contributed by atoms with van der Waals surface area (Å²) in [5.41, 5.74) is 9.10. The Bertz CT molecular complexity index is 1280. The minimum atomic E-state index is -4.88. The van der Waals surface area contributed by atoms with Crippen LogP contribution in [-0.2, 0) is 28.8 Å². The quantitative estimate of drug-likeness (QED) is 0.273. The molecule has 172 valence electrons. The first-order valence-corrected chi connectivity index (χ1v) is 11.3. The number of nitrogen functional groups attached to an aromatic ring is 1. The van der Waals surface area contributed by atoms with Gasteiger partial charge in [0.2, 0.25) is 5.88 Å². The largest absolute Gasteiger partial charge is 0.756 e. The van der Waals surface area contributed by atoms with E-state index < -0.39 is 14.6 Å². The molecule has 1 unspecified atom stereocenters. The minimum Gasteiger partial charge on any atom is -0.756 e. The smallest absolute Gasteiger partial charge is 0.285 e. The van der Waals surface area contributed by atoms with Crippen LogP contribution in [0.5, 0.6) is 5.88 Å². The molecule has 11 nitrogen and oxygen atoms in total. The molecule has 4 heterocycles. The van der Waals surface area contributed by atoms with E-state index in [4.69, 9.17) is 24.3 Å². The van der Waals surface area contributed by atoms with Gasteiger partial charge in [-0.1, -0.05) is 11.2 Å². The Morgan fingerprint density at radius 3 is 2.85 bits per heavy atom. The summed E-state index contributed by atoms with van der Waals surface area (Å²) in [5, 5.41) is 4.07. The zero-order valence-corrected chi connectivity index (χ0v) is 18.5. The van der Waals surface area contributed by atoms with Gasteiger partial charge >= 0.3 is 0 Å². The van der Waals surface area contributed by atoms with Crippen molar-refractivity contribution in [3.05, 3.63) is 77.6 Å². The fourth-order valence-electron chi connectivity index (χ4n) is 3.06. The Morgan fingerprint density at radius 2 is 2.15 bits per heavy atom. The van der Waals surface area contributed by atoms with Gasteiger partial charge < -0.3 is 23.5 Å². The molecule has 3 N–H and O–H groups in total. The van der Waals surface area contributed by atoms with E-state index in [1.54, 1.807) is 36.7 Å². The van der Waals surface area contributed by atoms with Gasteiger partial charge in [0, 0.05) is 30.3 Å². The molecule has 0 spiro atoms. The van der Waals surface area contributed by atoms with Crippen LogP contribution in [0, 0.1) is 6.92 Å². The molecule has 0 aromatic carbocycles. The molecule has 12 heteroatoms. The van der Waals surface area contributed by atoms with Gasteiger partial charge in [-0.15, -0.1) is 0 Å². The highest BCUT2D eigenvalue weighted by molar-refractivity contribution is 7.44. The summed E-state index contributed by atoms with van der Waals surface area (Å²) in [6.07, 6.45) is 5.30. The number of aryl methyl sites for hydroxylation is 1. The number of pyridine rings is 2. The van der Waals surface area contributed by atoms with E-state index in [-0.39, 0.29) is 5.82 Å². The van der Waals surface area contributed by atoms with Crippen LogP contribution in [0.3, 0.4) is 0 Å². The van der Waals surface area contributed by atoms with Crippen molar-refractivity contribution < 1.29 is 37.1 Å². The van der Waals surface area contributed by atoms with Crippen molar-refractivity contribution in [2.45, 2.75) is 26.7 Å². The average Bonchev–Trinajstić information content (AvgIpc) is 3.41. The van der Waals surface area contributed by atoms with Gasteiger partial charge in [0.15, 0.2) is 12.5 Å². The number of nitrogens with zero attached hydrogens (tertiary/aromatic N) is 3. The molecular weight excluding hydrogens is 451 g/mol. The molecule has 0 bridgehead atoms. The Morgan fingerprint density at radius 1 is 1.30 bits per heavy atom. The number of hydrogen-bond acceptors (Lipinski definition) is 9. The summed E-state index contributed by atoms with van der Waals surface area (Å²) in [6.45, 7) is 1.77. The number of rotatable bonds is 9. The monoisotopic (exact) mass is 472 g/mol. The second-order valence-electron chi connectivity index (χ2n) is 7.16. The van der Waals surface area contributed by atoms with Crippen molar-refractivity contribution in [3.8, 4) is 17.2 Å². The van der Waals surface area contributed by atoms with Crippen LogP contribution in [0.4, 0.5) is 5.82 Å². The summed E-state index contributed by atoms with van der Waals surface area (Å²) < 4.78 is 32.9. The summed E-state index contributed by atoms with van der Waals surface area (Å²) in [5.74, 6) is 1.89. The maximum atomic E-state index is 10.8. The molecule has 0 aliphatic rings. The molecule has 0 fully saturated rings. The number of aromatic nitrogens is 3. The molecule has 0 saturated heterocycles. The number of phosphoric acid groups is 1. The molecular formula is C21H21N4O7P. The van der Waals surface area contributed by atoms with Gasteiger partial charge in [-0.2, -0.15) is 0 Å². The Labute approximate surface area is 188 Å². The Balaban J connectivity index is 1.41. The van der Waals surface area contributed by atoms with Crippen LogP contribution in [0.1, 0.15) is 22.6 Å². The third-order valence-corrected chi connectivity index (χ3v) is 5.27. The van der Waals surface area contributed by atoms with Gasteiger partial charge in [0.1, 0.15) is 17.9 Å². The number of phosphoric ester groups is 1. The molecule has 0 aliphatic carbocycles. The van der Waals surface area contributed by atoms with E-state index in [0.29, 0.717) is 35.9 Å². The Hall–Kier alpha value is -3.50. The van der Waals surface area contributed by atoms with Crippen molar-refractivity contribution in [2.75, 3.05) is 5.73 Å². The van der Waals surface area contributed by atoms with Gasteiger partial charge in [-0.05, 0) is 30.7 Å². The lowest BCUT2D eigenvalue weighted by Gasteiger charge is -2.14. The van der Waals surface area contributed by atoms with E-state index in [9.17, 15) is 9.46 Å². The molecule has 4 rings (SSSR count). The summed E-state index contributed by atoms with van der Waals surface area (Å²) in [6, 6.07) is 10.6. The zero-order valence-electron chi connectivity index (χ0n) is 17.6. The predicted octanol–water partition coefficient (Wildman–Crippen LogP) is 2.11.